The smallest absolute Gasteiger partial charge is 0.364 e. The lowest BCUT2D eigenvalue weighted by atomic mass is 10.1. The summed E-state index contributed by atoms with van der Waals surface area (Å²) in [6.45, 7) is 4.30. The lowest BCUT2D eigenvalue weighted by Gasteiger charge is -2.12. The fourth-order valence-electron chi connectivity index (χ4n) is 3.15. The number of rotatable bonds is 5. The van der Waals surface area contributed by atoms with Gasteiger partial charge in [0.05, 0.1) is 10.4 Å². The van der Waals surface area contributed by atoms with Crippen molar-refractivity contribution in [2.75, 3.05) is 5.32 Å². The third-order valence-corrected chi connectivity index (χ3v) is 5.32. The standard InChI is InChI=1S/C20H18F3N5S/c1-12(2)28-18(15-7-4-8-29-15)27-16-17(25-11-26-19(16)28)24-10-13-5-3-6-14(9-13)20(21,22)23/h3-9,11-12H,10H2,1-2H3,(H,24,25,26). The minimum absolute atomic E-state index is 0.128. The molecule has 0 aliphatic heterocycles. The van der Waals surface area contributed by atoms with Gasteiger partial charge in [-0.2, -0.15) is 13.2 Å². The summed E-state index contributed by atoms with van der Waals surface area (Å²) in [5.41, 5.74) is 1.11. The van der Waals surface area contributed by atoms with Crippen LogP contribution >= 0.6 is 11.3 Å². The number of hydrogen-bond acceptors (Lipinski definition) is 5. The average Bonchev–Trinajstić information content (AvgIpc) is 3.33. The molecule has 0 bridgehead atoms. The van der Waals surface area contributed by atoms with Crippen molar-refractivity contribution >= 4 is 28.3 Å². The van der Waals surface area contributed by atoms with Crippen LogP contribution in [0.1, 0.15) is 31.0 Å². The van der Waals surface area contributed by atoms with E-state index < -0.39 is 11.7 Å². The third-order valence-electron chi connectivity index (χ3n) is 4.45. The number of imidazole rings is 1. The van der Waals surface area contributed by atoms with Crippen LogP contribution in [0.3, 0.4) is 0 Å². The summed E-state index contributed by atoms with van der Waals surface area (Å²) >= 11 is 1.58. The van der Waals surface area contributed by atoms with Crippen LogP contribution in [-0.2, 0) is 12.7 Å². The second kappa shape index (κ2) is 7.47. The molecule has 4 aromatic rings. The van der Waals surface area contributed by atoms with E-state index in [0.29, 0.717) is 22.5 Å². The van der Waals surface area contributed by atoms with Crippen molar-refractivity contribution < 1.29 is 13.2 Å². The first-order valence-electron chi connectivity index (χ1n) is 9.01. The van der Waals surface area contributed by atoms with Gasteiger partial charge in [-0.25, -0.2) is 15.0 Å². The second-order valence-corrected chi connectivity index (χ2v) is 7.77. The maximum Gasteiger partial charge on any atom is 0.416 e. The van der Waals surface area contributed by atoms with Gasteiger partial charge in [-0.1, -0.05) is 18.2 Å². The first-order chi connectivity index (χ1) is 13.8. The lowest BCUT2D eigenvalue weighted by Crippen LogP contribution is -2.08. The van der Waals surface area contributed by atoms with Gasteiger partial charge in [0.25, 0.3) is 0 Å². The quantitative estimate of drug-likeness (QED) is 0.448. The van der Waals surface area contributed by atoms with Crippen LogP contribution in [0.25, 0.3) is 21.9 Å². The van der Waals surface area contributed by atoms with E-state index in [-0.39, 0.29) is 12.6 Å². The zero-order valence-corrected chi connectivity index (χ0v) is 16.6. The molecule has 9 heteroatoms. The molecule has 0 aliphatic rings. The van der Waals surface area contributed by atoms with E-state index >= 15 is 0 Å². The molecule has 29 heavy (non-hydrogen) atoms. The van der Waals surface area contributed by atoms with Crippen molar-refractivity contribution in [3.05, 3.63) is 59.2 Å². The van der Waals surface area contributed by atoms with E-state index in [2.05, 4.69) is 29.1 Å². The number of thiophene rings is 1. The molecule has 0 saturated heterocycles. The normalized spacial score (nSPS) is 12.1. The van der Waals surface area contributed by atoms with Gasteiger partial charge in [0, 0.05) is 12.6 Å². The first-order valence-corrected chi connectivity index (χ1v) is 9.89. The van der Waals surface area contributed by atoms with Crippen LogP contribution in [-0.4, -0.2) is 19.5 Å². The number of nitrogens with zero attached hydrogens (tertiary/aromatic N) is 4. The Balaban J connectivity index is 1.70. The SMILES string of the molecule is CC(C)n1c(-c2cccs2)nc2c(NCc3cccc(C(F)(F)F)c3)ncnc21. The highest BCUT2D eigenvalue weighted by Gasteiger charge is 2.30. The number of anilines is 1. The summed E-state index contributed by atoms with van der Waals surface area (Å²) in [5, 5.41) is 5.10. The fraction of sp³-hybridized carbons (Fsp3) is 0.250. The second-order valence-electron chi connectivity index (χ2n) is 6.82. The predicted octanol–water partition coefficient (Wildman–Crippen LogP) is 5.77. The molecule has 3 heterocycles. The Bertz CT molecular complexity index is 1130. The summed E-state index contributed by atoms with van der Waals surface area (Å²) in [6.07, 6.45) is -2.93. The van der Waals surface area contributed by atoms with Crippen LogP contribution in [0, 0.1) is 0 Å². The number of benzene rings is 1. The Labute approximate surface area is 169 Å². The number of hydrogen-bond donors (Lipinski definition) is 1. The highest BCUT2D eigenvalue weighted by atomic mass is 32.1. The Hall–Kier alpha value is -2.94. The van der Waals surface area contributed by atoms with Crippen molar-refractivity contribution in [1.29, 1.82) is 0 Å². The number of nitrogens with one attached hydrogen (secondary N) is 1. The highest BCUT2D eigenvalue weighted by Crippen LogP contribution is 2.33. The lowest BCUT2D eigenvalue weighted by molar-refractivity contribution is -0.137. The predicted molar refractivity (Wildman–Crippen MR) is 108 cm³/mol. The molecule has 0 aliphatic carbocycles. The number of fused-ring (bicyclic) bond motifs is 1. The van der Waals surface area contributed by atoms with Gasteiger partial charge in [-0.15, -0.1) is 11.3 Å². The van der Waals surface area contributed by atoms with Crippen molar-refractivity contribution in [3.63, 3.8) is 0 Å². The van der Waals surface area contributed by atoms with E-state index in [0.717, 1.165) is 22.8 Å². The summed E-state index contributed by atoms with van der Waals surface area (Å²) in [6, 6.07) is 9.32. The number of alkyl halides is 3. The molecule has 5 nitrogen and oxygen atoms in total. The number of aromatic nitrogens is 4. The van der Waals surface area contributed by atoms with Crippen molar-refractivity contribution in [2.24, 2.45) is 0 Å². The summed E-state index contributed by atoms with van der Waals surface area (Å²) in [4.78, 5) is 14.4. The van der Waals surface area contributed by atoms with Gasteiger partial charge in [0.1, 0.15) is 6.33 Å². The Morgan fingerprint density at radius 2 is 1.97 bits per heavy atom. The number of halogens is 3. The molecular formula is C20H18F3N5S. The maximum atomic E-state index is 12.9. The minimum atomic E-state index is -4.37. The van der Waals surface area contributed by atoms with Gasteiger partial charge in [0.2, 0.25) is 0 Å². The van der Waals surface area contributed by atoms with Crippen LogP contribution < -0.4 is 5.32 Å². The Morgan fingerprint density at radius 1 is 1.14 bits per heavy atom. The van der Waals surface area contributed by atoms with E-state index in [1.54, 1.807) is 17.4 Å². The van der Waals surface area contributed by atoms with Crippen LogP contribution in [0.2, 0.25) is 0 Å². The van der Waals surface area contributed by atoms with Gasteiger partial charge in [-0.3, -0.25) is 0 Å². The van der Waals surface area contributed by atoms with Gasteiger partial charge in [-0.05, 0) is 43.0 Å². The molecule has 0 amide bonds. The van der Waals surface area contributed by atoms with E-state index in [1.165, 1.54) is 12.4 Å². The largest absolute Gasteiger partial charge is 0.416 e. The zero-order valence-electron chi connectivity index (χ0n) is 15.7. The molecule has 1 N–H and O–H groups in total. The summed E-state index contributed by atoms with van der Waals surface area (Å²) in [7, 11) is 0. The molecular weight excluding hydrogens is 399 g/mol. The van der Waals surface area contributed by atoms with Crippen LogP contribution in [0.15, 0.2) is 48.1 Å². The Morgan fingerprint density at radius 3 is 2.66 bits per heavy atom. The van der Waals surface area contributed by atoms with Gasteiger partial charge < -0.3 is 9.88 Å². The van der Waals surface area contributed by atoms with Crippen LogP contribution in [0.5, 0.6) is 0 Å². The molecule has 150 valence electrons. The molecule has 0 atom stereocenters. The minimum Gasteiger partial charge on any atom is -0.364 e. The average molecular weight is 417 g/mol. The molecule has 3 aromatic heterocycles. The molecule has 0 radical (unpaired) electrons. The monoisotopic (exact) mass is 417 g/mol. The van der Waals surface area contributed by atoms with Crippen molar-refractivity contribution in [2.45, 2.75) is 32.6 Å². The van der Waals surface area contributed by atoms with Gasteiger partial charge >= 0.3 is 6.18 Å². The third kappa shape index (κ3) is 3.82. The molecule has 0 fully saturated rings. The Kier molecular flexibility index (Phi) is 4.99. The van der Waals surface area contributed by atoms with E-state index in [1.807, 2.05) is 22.1 Å². The molecule has 0 spiro atoms. The van der Waals surface area contributed by atoms with Crippen LogP contribution in [0.4, 0.5) is 19.0 Å². The van der Waals surface area contributed by atoms with E-state index in [4.69, 9.17) is 4.98 Å². The molecule has 0 unspecified atom stereocenters. The summed E-state index contributed by atoms with van der Waals surface area (Å²) < 4.78 is 40.9. The zero-order chi connectivity index (χ0) is 20.6. The van der Waals surface area contributed by atoms with Crippen molar-refractivity contribution in [3.8, 4) is 10.7 Å². The highest BCUT2D eigenvalue weighted by molar-refractivity contribution is 7.13. The van der Waals surface area contributed by atoms with E-state index in [9.17, 15) is 13.2 Å². The first kappa shape index (κ1) is 19.4. The topological polar surface area (TPSA) is 55.6 Å². The van der Waals surface area contributed by atoms with Gasteiger partial charge in [0.15, 0.2) is 22.8 Å². The molecule has 0 saturated carbocycles. The van der Waals surface area contributed by atoms with Crippen molar-refractivity contribution in [1.82, 2.24) is 19.5 Å². The summed E-state index contributed by atoms with van der Waals surface area (Å²) in [5.74, 6) is 1.29. The maximum absolute atomic E-state index is 12.9. The fourth-order valence-corrected chi connectivity index (χ4v) is 3.86. The molecule has 1 aromatic carbocycles. The molecule has 4 rings (SSSR count).